The van der Waals surface area contributed by atoms with Gasteiger partial charge < -0.3 is 0 Å². The van der Waals surface area contributed by atoms with Crippen LogP contribution in [0.3, 0.4) is 0 Å². The van der Waals surface area contributed by atoms with Crippen LogP contribution in [-0.2, 0) is 12.5 Å². The van der Waals surface area contributed by atoms with Gasteiger partial charge in [-0.1, -0.05) is 157 Å². The molecule has 0 amide bonds. The summed E-state index contributed by atoms with van der Waals surface area (Å²) in [5, 5.41) is 0. The van der Waals surface area contributed by atoms with Crippen LogP contribution >= 0.6 is 7.26 Å². The summed E-state index contributed by atoms with van der Waals surface area (Å²) < 4.78 is 0. The monoisotopic (exact) mass is 500 g/mol. The standard InChI is InChI=1S/C25H22B.C10H16P/c1-5-13-22(14-6-1)21-26(23-15-7-2-8-16-23,24-17-9-3-10-18-24)25-19-11-4-12-20-25;1-11(2,3)9-10-7-5-4-6-8-10/h1-20H,21H2;4-8H,9H2,1-3H3/q-1;+1. The number of hydrogen-bond donors (Lipinski definition) is 0. The van der Waals surface area contributed by atoms with Crippen LogP contribution in [0.5, 0.6) is 0 Å². The minimum Gasteiger partial charge on any atom is -0.200 e. The maximum atomic E-state index is 2.38. The molecule has 0 aliphatic carbocycles. The first-order chi connectivity index (χ1) is 18.0. The Morgan fingerprint density at radius 3 is 1.03 bits per heavy atom. The van der Waals surface area contributed by atoms with Gasteiger partial charge in [-0.15, -0.1) is 6.32 Å². The predicted octanol–water partition coefficient (Wildman–Crippen LogP) is 7.03. The zero-order valence-electron chi connectivity index (χ0n) is 22.4. The maximum absolute atomic E-state index is 2.38. The Hall–Kier alpha value is -3.41. The van der Waals surface area contributed by atoms with Crippen LogP contribution in [0.15, 0.2) is 152 Å². The van der Waals surface area contributed by atoms with Crippen molar-refractivity contribution in [2.75, 3.05) is 20.0 Å². The molecule has 0 heterocycles. The predicted molar refractivity (Wildman–Crippen MR) is 169 cm³/mol. The van der Waals surface area contributed by atoms with Crippen molar-refractivity contribution in [3.63, 3.8) is 0 Å². The normalized spacial score (nSPS) is 11.3. The van der Waals surface area contributed by atoms with Crippen LogP contribution in [-0.4, -0.2) is 26.1 Å². The molecule has 5 aromatic carbocycles. The number of rotatable bonds is 7. The van der Waals surface area contributed by atoms with Crippen molar-refractivity contribution in [3.8, 4) is 0 Å². The van der Waals surface area contributed by atoms with E-state index in [1.165, 1.54) is 33.7 Å². The van der Waals surface area contributed by atoms with Gasteiger partial charge in [-0.05, 0) is 5.56 Å². The second-order valence-electron chi connectivity index (χ2n) is 10.9. The van der Waals surface area contributed by atoms with E-state index in [1.54, 1.807) is 0 Å². The molecule has 0 aliphatic heterocycles. The van der Waals surface area contributed by atoms with Crippen LogP contribution < -0.4 is 16.4 Å². The summed E-state index contributed by atoms with van der Waals surface area (Å²) in [6.07, 6.45) is 1.16. The fourth-order valence-electron chi connectivity index (χ4n) is 5.37. The lowest BCUT2D eigenvalue weighted by Gasteiger charge is -2.43. The third-order valence-corrected chi connectivity index (χ3v) is 8.30. The van der Waals surface area contributed by atoms with E-state index in [2.05, 4.69) is 172 Å². The van der Waals surface area contributed by atoms with Gasteiger partial charge in [0.15, 0.2) is 0 Å². The van der Waals surface area contributed by atoms with Crippen LogP contribution in [0.2, 0.25) is 0 Å². The van der Waals surface area contributed by atoms with Crippen molar-refractivity contribution in [3.05, 3.63) is 163 Å². The molecule has 0 aliphatic rings. The summed E-state index contributed by atoms with van der Waals surface area (Å²) in [6.45, 7) is 7.12. The lowest BCUT2D eigenvalue weighted by atomic mass is 9.14. The van der Waals surface area contributed by atoms with Crippen molar-refractivity contribution < 1.29 is 0 Å². The van der Waals surface area contributed by atoms with E-state index in [1.807, 2.05) is 0 Å². The van der Waals surface area contributed by atoms with Gasteiger partial charge >= 0.3 is 0 Å². The van der Waals surface area contributed by atoms with Gasteiger partial charge in [-0.25, -0.2) is 0 Å². The fourth-order valence-corrected chi connectivity index (χ4v) is 6.68. The zero-order valence-corrected chi connectivity index (χ0v) is 23.3. The third kappa shape index (κ3) is 7.31. The van der Waals surface area contributed by atoms with E-state index >= 15 is 0 Å². The molecule has 186 valence electrons. The molecule has 0 N–H and O–H groups in total. The van der Waals surface area contributed by atoms with Crippen molar-refractivity contribution in [2.24, 2.45) is 0 Å². The molecule has 5 aromatic rings. The summed E-state index contributed by atoms with van der Waals surface area (Å²) in [7, 11) is -0.638. The van der Waals surface area contributed by atoms with Crippen LogP contribution in [0.1, 0.15) is 11.1 Å². The summed E-state index contributed by atoms with van der Waals surface area (Å²) >= 11 is 0. The Kier molecular flexibility index (Phi) is 9.16. The van der Waals surface area contributed by atoms with E-state index in [-0.39, 0.29) is 0 Å². The molecule has 0 saturated heterocycles. The van der Waals surface area contributed by atoms with E-state index in [9.17, 15) is 0 Å². The lowest BCUT2D eigenvalue weighted by Crippen LogP contribution is -2.68. The summed E-state index contributed by atoms with van der Waals surface area (Å²) in [5.74, 6) is 0. The second kappa shape index (κ2) is 12.7. The first-order valence-electron chi connectivity index (χ1n) is 13.2. The SMILES string of the molecule is C[P+](C)(C)Cc1ccccc1.c1ccc(C[B-](c2ccccc2)(c2ccccc2)c2ccccc2)cc1. The van der Waals surface area contributed by atoms with Gasteiger partial charge in [0.2, 0.25) is 0 Å². The molecule has 2 heteroatoms. The summed E-state index contributed by atoms with van der Waals surface area (Å²) in [4.78, 5) is 0. The highest BCUT2D eigenvalue weighted by Crippen LogP contribution is 2.49. The van der Waals surface area contributed by atoms with E-state index in [0.717, 1.165) is 6.32 Å². The average molecular weight is 500 g/mol. The molecule has 0 nitrogen and oxygen atoms in total. The highest BCUT2D eigenvalue weighted by molar-refractivity contribution is 7.72. The smallest absolute Gasteiger partial charge is 0.0856 e. The molecule has 0 fully saturated rings. The van der Waals surface area contributed by atoms with Gasteiger partial charge in [-0.3, -0.25) is 0 Å². The first-order valence-corrected chi connectivity index (χ1v) is 16.5. The van der Waals surface area contributed by atoms with Crippen molar-refractivity contribution in [1.82, 2.24) is 0 Å². The van der Waals surface area contributed by atoms with Gasteiger partial charge in [-0.2, -0.15) is 16.4 Å². The number of benzene rings is 5. The topological polar surface area (TPSA) is 0 Å². The zero-order chi connectivity index (χ0) is 26.0. The van der Waals surface area contributed by atoms with E-state index in [4.69, 9.17) is 0 Å². The number of hydrogen-bond acceptors (Lipinski definition) is 0. The molecule has 0 spiro atoms. The third-order valence-electron chi connectivity index (χ3n) is 6.99. The summed E-state index contributed by atoms with van der Waals surface area (Å²) in [6, 6.07) is 54.5. The van der Waals surface area contributed by atoms with Crippen molar-refractivity contribution in [1.29, 1.82) is 0 Å². The average Bonchev–Trinajstić information content (AvgIpc) is 2.94. The largest absolute Gasteiger partial charge is 0.200 e. The van der Waals surface area contributed by atoms with Crippen LogP contribution in [0.4, 0.5) is 0 Å². The van der Waals surface area contributed by atoms with Gasteiger partial charge in [0, 0.05) is 27.3 Å². The molecule has 0 atom stereocenters. The van der Waals surface area contributed by atoms with Crippen molar-refractivity contribution in [2.45, 2.75) is 12.5 Å². The second-order valence-corrected chi connectivity index (χ2v) is 15.8. The molecule has 0 unspecified atom stereocenters. The van der Waals surface area contributed by atoms with Gasteiger partial charge in [0.25, 0.3) is 0 Å². The molecular formula is C35H38BP. The van der Waals surface area contributed by atoms with Crippen LogP contribution in [0.25, 0.3) is 0 Å². The van der Waals surface area contributed by atoms with Gasteiger partial charge in [0.1, 0.15) is 0 Å². The molecular weight excluding hydrogens is 462 g/mol. The molecule has 5 rings (SSSR count). The molecule has 0 saturated carbocycles. The van der Waals surface area contributed by atoms with Crippen molar-refractivity contribution >= 4 is 29.8 Å². The maximum Gasteiger partial charge on any atom is 0.0856 e. The lowest BCUT2D eigenvalue weighted by molar-refractivity contribution is 1.35. The fraction of sp³-hybridized carbons (Fsp3) is 0.143. The Morgan fingerprint density at radius 2 is 0.703 bits per heavy atom. The quantitative estimate of drug-likeness (QED) is 0.166. The highest BCUT2D eigenvalue weighted by atomic mass is 31.2. The minimum absolute atomic E-state index is 0.638. The molecule has 0 aromatic heterocycles. The summed E-state index contributed by atoms with van der Waals surface area (Å²) in [5.41, 5.74) is 6.99. The molecule has 0 bridgehead atoms. The Morgan fingerprint density at radius 1 is 0.405 bits per heavy atom. The Balaban J connectivity index is 0.000000245. The first kappa shape index (κ1) is 26.7. The highest BCUT2D eigenvalue weighted by Gasteiger charge is 2.29. The van der Waals surface area contributed by atoms with E-state index < -0.39 is 13.4 Å². The van der Waals surface area contributed by atoms with E-state index in [0.29, 0.717) is 0 Å². The van der Waals surface area contributed by atoms with Crippen LogP contribution in [0, 0.1) is 0 Å². The Bertz CT molecular complexity index is 1220. The minimum atomic E-state index is -1.09. The molecule has 37 heavy (non-hydrogen) atoms. The molecule has 0 radical (unpaired) electrons. The van der Waals surface area contributed by atoms with Gasteiger partial charge in [0.05, 0.1) is 12.3 Å². The Labute approximate surface area is 224 Å².